The van der Waals surface area contributed by atoms with Crippen LogP contribution in [0.1, 0.15) is 49.4 Å². The molecule has 0 unspecified atom stereocenters. The Balaban J connectivity index is 1.86. The molecule has 3 heterocycles. The Labute approximate surface area is 179 Å². The Hall–Kier alpha value is -2.86. The van der Waals surface area contributed by atoms with Gasteiger partial charge in [-0.05, 0) is 56.1 Å². The molecule has 3 amide bonds. The molecule has 1 fully saturated rings. The van der Waals surface area contributed by atoms with E-state index in [-0.39, 0.29) is 16.2 Å². The Morgan fingerprint density at radius 3 is 2.37 bits per heavy atom. The predicted molar refractivity (Wildman–Crippen MR) is 118 cm³/mol. The summed E-state index contributed by atoms with van der Waals surface area (Å²) in [5.41, 5.74) is 4.50. The molecule has 5 rings (SSSR count). The molecule has 0 radical (unpaired) electrons. The molecule has 152 valence electrons. The van der Waals surface area contributed by atoms with Crippen LogP contribution in [-0.4, -0.2) is 22.6 Å². The van der Waals surface area contributed by atoms with Crippen molar-refractivity contribution in [1.82, 2.24) is 5.32 Å². The summed E-state index contributed by atoms with van der Waals surface area (Å²) in [4.78, 5) is 39.9. The van der Waals surface area contributed by atoms with Gasteiger partial charge in [0.25, 0.3) is 17.1 Å². The molecular weight excluding hydrogens is 396 g/mol. The summed E-state index contributed by atoms with van der Waals surface area (Å²) < 4.78 is 0. The van der Waals surface area contributed by atoms with E-state index in [9.17, 15) is 14.4 Å². The fourth-order valence-electron chi connectivity index (χ4n) is 5.34. The van der Waals surface area contributed by atoms with Gasteiger partial charge >= 0.3 is 0 Å². The van der Waals surface area contributed by atoms with Gasteiger partial charge in [-0.25, -0.2) is 0 Å². The highest BCUT2D eigenvalue weighted by Crippen LogP contribution is 2.57. The number of nitrogens with zero attached hydrogens (tertiary/aromatic N) is 1. The zero-order valence-corrected chi connectivity index (χ0v) is 18.1. The Bertz CT molecular complexity index is 1180. The maximum absolute atomic E-state index is 13.7. The van der Waals surface area contributed by atoms with Crippen molar-refractivity contribution in [2.45, 2.75) is 45.1 Å². The van der Waals surface area contributed by atoms with Gasteiger partial charge in [0.05, 0.1) is 16.2 Å². The van der Waals surface area contributed by atoms with Gasteiger partial charge in [0.1, 0.15) is 0 Å². The molecule has 3 aliphatic rings. The molecule has 3 aliphatic heterocycles. The second-order valence-corrected chi connectivity index (χ2v) is 10.1. The summed E-state index contributed by atoms with van der Waals surface area (Å²) in [7, 11) is 0. The number of hydrogen-bond acceptors (Lipinski definition) is 4. The summed E-state index contributed by atoms with van der Waals surface area (Å²) in [5.74, 6) is -0.698. The van der Waals surface area contributed by atoms with Gasteiger partial charge in [-0.1, -0.05) is 48.9 Å². The standard InChI is InChI=1S/C24H22N2O3S/c1-13-10-15-17(19-20(27)25-22(29)30-19)21(28)26-18(15)16(11-13)24(4,12-23(26,2)3)14-8-6-5-7-9-14/h5-11H,12H2,1-4H3,(H,25,27,29)/b19-17-/t24-/m1/s1. The molecular formula is C24H22N2O3S. The lowest BCUT2D eigenvalue weighted by molar-refractivity contribution is -0.116. The van der Waals surface area contributed by atoms with E-state index in [0.717, 1.165) is 40.6 Å². The van der Waals surface area contributed by atoms with Gasteiger partial charge in [0.15, 0.2) is 0 Å². The van der Waals surface area contributed by atoms with Gasteiger partial charge in [0.2, 0.25) is 0 Å². The van der Waals surface area contributed by atoms with Gasteiger partial charge in [-0.15, -0.1) is 0 Å². The van der Waals surface area contributed by atoms with E-state index in [4.69, 9.17) is 0 Å². The van der Waals surface area contributed by atoms with Crippen molar-refractivity contribution < 1.29 is 14.4 Å². The second kappa shape index (κ2) is 6.08. The van der Waals surface area contributed by atoms with Gasteiger partial charge in [-0.2, -0.15) is 0 Å². The lowest BCUT2D eigenvalue weighted by Crippen LogP contribution is -2.54. The summed E-state index contributed by atoms with van der Waals surface area (Å²) >= 11 is 0.812. The number of rotatable bonds is 1. The van der Waals surface area contributed by atoms with E-state index in [1.54, 1.807) is 0 Å². The first kappa shape index (κ1) is 19.1. The number of hydrogen-bond donors (Lipinski definition) is 1. The fraction of sp³-hybridized carbons (Fsp3) is 0.292. The van der Waals surface area contributed by atoms with Crippen molar-refractivity contribution in [2.75, 3.05) is 4.90 Å². The minimum atomic E-state index is -0.493. The highest BCUT2D eigenvalue weighted by molar-refractivity contribution is 8.18. The van der Waals surface area contributed by atoms with Crippen molar-refractivity contribution in [1.29, 1.82) is 0 Å². The Morgan fingerprint density at radius 2 is 1.73 bits per heavy atom. The van der Waals surface area contributed by atoms with E-state index in [0.29, 0.717) is 5.57 Å². The van der Waals surface area contributed by atoms with Gasteiger partial charge in [-0.3, -0.25) is 19.7 Å². The molecule has 0 saturated carbocycles. The van der Waals surface area contributed by atoms with Crippen molar-refractivity contribution in [2.24, 2.45) is 0 Å². The number of anilines is 1. The highest BCUT2D eigenvalue weighted by atomic mass is 32.2. The topological polar surface area (TPSA) is 66.5 Å². The molecule has 1 atom stereocenters. The van der Waals surface area contributed by atoms with E-state index >= 15 is 0 Å². The number of amides is 3. The monoisotopic (exact) mass is 418 g/mol. The Morgan fingerprint density at radius 1 is 1.03 bits per heavy atom. The quantitative estimate of drug-likeness (QED) is 0.692. The summed E-state index contributed by atoms with van der Waals surface area (Å²) in [6.45, 7) is 8.37. The third kappa shape index (κ3) is 2.46. The van der Waals surface area contributed by atoms with E-state index < -0.39 is 16.7 Å². The van der Waals surface area contributed by atoms with Crippen LogP contribution in [0.5, 0.6) is 0 Å². The van der Waals surface area contributed by atoms with Crippen LogP contribution in [0.3, 0.4) is 0 Å². The van der Waals surface area contributed by atoms with E-state index in [1.165, 1.54) is 5.56 Å². The molecule has 5 nitrogen and oxygen atoms in total. The molecule has 1 N–H and O–H groups in total. The minimum absolute atomic E-state index is 0.199. The average molecular weight is 419 g/mol. The number of carbonyl (C=O) groups is 3. The number of nitrogens with one attached hydrogen (secondary N) is 1. The number of imide groups is 1. The average Bonchev–Trinajstić information content (AvgIpc) is 3.15. The number of thioether (sulfide) groups is 1. The normalized spacial score (nSPS) is 26.8. The first-order chi connectivity index (χ1) is 14.1. The summed E-state index contributed by atoms with van der Waals surface area (Å²) in [5, 5.41) is 1.85. The molecule has 0 spiro atoms. The molecule has 2 aromatic carbocycles. The van der Waals surface area contributed by atoms with Gasteiger partial charge < -0.3 is 4.90 Å². The highest BCUT2D eigenvalue weighted by Gasteiger charge is 2.54. The van der Waals surface area contributed by atoms with Gasteiger partial charge in [0, 0.05) is 16.5 Å². The molecule has 0 aromatic heterocycles. The molecule has 1 saturated heterocycles. The van der Waals surface area contributed by atoms with Crippen LogP contribution in [0, 0.1) is 6.92 Å². The maximum Gasteiger partial charge on any atom is 0.290 e. The minimum Gasteiger partial charge on any atom is -0.302 e. The molecule has 2 aromatic rings. The van der Waals surface area contributed by atoms with Crippen LogP contribution in [0.15, 0.2) is 47.4 Å². The largest absolute Gasteiger partial charge is 0.302 e. The smallest absolute Gasteiger partial charge is 0.290 e. The first-order valence-electron chi connectivity index (χ1n) is 9.96. The zero-order chi connectivity index (χ0) is 21.4. The number of aryl methyl sites for hydroxylation is 1. The maximum atomic E-state index is 13.7. The third-order valence-electron chi connectivity index (χ3n) is 6.40. The van der Waals surface area contributed by atoms with Crippen molar-refractivity contribution in [3.63, 3.8) is 0 Å². The summed E-state index contributed by atoms with van der Waals surface area (Å²) in [6, 6.07) is 14.5. The van der Waals surface area contributed by atoms with Crippen LogP contribution in [-0.2, 0) is 15.0 Å². The van der Waals surface area contributed by atoms with E-state index in [2.05, 4.69) is 44.3 Å². The SMILES string of the molecule is Cc1cc2c3c(c1)[C@@](C)(c1ccccc1)CC(C)(C)N3C(=O)/C2=C1\SC(=O)NC1=O. The fourth-order valence-corrected chi connectivity index (χ4v) is 6.11. The number of benzene rings is 2. The molecule has 6 heteroatoms. The Kier molecular flexibility index (Phi) is 3.87. The van der Waals surface area contributed by atoms with Crippen LogP contribution >= 0.6 is 11.8 Å². The third-order valence-corrected chi connectivity index (χ3v) is 7.29. The van der Waals surface area contributed by atoms with Crippen LogP contribution in [0.2, 0.25) is 0 Å². The zero-order valence-electron chi connectivity index (χ0n) is 17.3. The first-order valence-corrected chi connectivity index (χ1v) is 10.8. The van der Waals surface area contributed by atoms with Crippen LogP contribution < -0.4 is 10.2 Å². The lowest BCUT2D eigenvalue weighted by atomic mass is 9.65. The van der Waals surface area contributed by atoms with Crippen molar-refractivity contribution in [3.8, 4) is 0 Å². The summed E-state index contributed by atoms with van der Waals surface area (Å²) in [6.07, 6.45) is 0.743. The van der Waals surface area contributed by atoms with Crippen LogP contribution in [0.4, 0.5) is 10.5 Å². The second-order valence-electron chi connectivity index (χ2n) is 9.08. The van der Waals surface area contributed by atoms with Crippen LogP contribution in [0.25, 0.3) is 5.57 Å². The van der Waals surface area contributed by atoms with Crippen molar-refractivity contribution >= 4 is 40.1 Å². The molecule has 0 bridgehead atoms. The molecule has 0 aliphatic carbocycles. The van der Waals surface area contributed by atoms with E-state index in [1.807, 2.05) is 36.1 Å². The number of carbonyl (C=O) groups excluding carboxylic acids is 3. The predicted octanol–water partition coefficient (Wildman–Crippen LogP) is 4.52. The van der Waals surface area contributed by atoms with Crippen molar-refractivity contribution in [3.05, 3.63) is 69.6 Å². The lowest BCUT2D eigenvalue weighted by Gasteiger charge is -2.50. The molecule has 30 heavy (non-hydrogen) atoms.